The number of esters is 1. The number of rotatable bonds is 8. The van der Waals surface area contributed by atoms with Crippen molar-refractivity contribution in [1.82, 2.24) is 0 Å². The molecule has 0 amide bonds. The van der Waals surface area contributed by atoms with Crippen LogP contribution in [0.4, 0.5) is 0 Å². The third-order valence-corrected chi connectivity index (χ3v) is 5.01. The Bertz CT molecular complexity index is 1050. The SMILES string of the molecule is COc1ccc(C(OC(=O)c2cccc(Cl)c2)C(O)c2ccccc2OC)cc1OC. The molecule has 0 saturated carbocycles. The average molecular weight is 443 g/mol. The summed E-state index contributed by atoms with van der Waals surface area (Å²) < 4.78 is 21.8. The van der Waals surface area contributed by atoms with Crippen molar-refractivity contribution in [2.45, 2.75) is 12.2 Å². The van der Waals surface area contributed by atoms with Crippen LogP contribution in [-0.2, 0) is 4.74 Å². The number of methoxy groups -OCH3 is 3. The highest BCUT2D eigenvalue weighted by atomic mass is 35.5. The average Bonchev–Trinajstić information content (AvgIpc) is 2.81. The monoisotopic (exact) mass is 442 g/mol. The van der Waals surface area contributed by atoms with E-state index in [1.54, 1.807) is 60.7 Å². The standard InChI is InChI=1S/C24H23ClO6/c1-28-19-10-5-4-9-18(19)22(26)23(15-11-12-20(29-2)21(14-15)30-3)31-24(27)16-7-6-8-17(25)13-16/h4-14,22-23,26H,1-3H3. The van der Waals surface area contributed by atoms with Crippen molar-refractivity contribution in [3.8, 4) is 17.2 Å². The first-order chi connectivity index (χ1) is 15.0. The number of ether oxygens (including phenoxy) is 4. The van der Waals surface area contributed by atoms with Gasteiger partial charge in [0.05, 0.1) is 26.9 Å². The van der Waals surface area contributed by atoms with Crippen LogP contribution < -0.4 is 14.2 Å². The predicted molar refractivity (Wildman–Crippen MR) is 117 cm³/mol. The number of hydrogen-bond acceptors (Lipinski definition) is 6. The fourth-order valence-electron chi connectivity index (χ4n) is 3.22. The van der Waals surface area contributed by atoms with Gasteiger partial charge in [0.1, 0.15) is 11.9 Å². The molecular weight excluding hydrogens is 420 g/mol. The van der Waals surface area contributed by atoms with Crippen molar-refractivity contribution >= 4 is 17.6 Å². The molecule has 7 heteroatoms. The lowest BCUT2D eigenvalue weighted by molar-refractivity contribution is -0.0216. The Balaban J connectivity index is 2.04. The topological polar surface area (TPSA) is 74.2 Å². The molecule has 0 fully saturated rings. The van der Waals surface area contributed by atoms with Crippen LogP contribution in [0.5, 0.6) is 17.2 Å². The number of aliphatic hydroxyl groups is 1. The molecule has 0 radical (unpaired) electrons. The zero-order valence-electron chi connectivity index (χ0n) is 17.4. The molecule has 2 unspecified atom stereocenters. The van der Waals surface area contributed by atoms with E-state index >= 15 is 0 Å². The largest absolute Gasteiger partial charge is 0.496 e. The maximum Gasteiger partial charge on any atom is 0.338 e. The molecule has 3 rings (SSSR count). The van der Waals surface area contributed by atoms with E-state index in [0.29, 0.717) is 33.4 Å². The van der Waals surface area contributed by atoms with E-state index in [1.807, 2.05) is 0 Å². The minimum absolute atomic E-state index is 0.269. The summed E-state index contributed by atoms with van der Waals surface area (Å²) in [4.78, 5) is 12.9. The van der Waals surface area contributed by atoms with Crippen LogP contribution in [0.15, 0.2) is 66.7 Å². The molecule has 0 bridgehead atoms. The first-order valence-corrected chi connectivity index (χ1v) is 9.85. The van der Waals surface area contributed by atoms with E-state index in [9.17, 15) is 9.90 Å². The van der Waals surface area contributed by atoms with Crippen molar-refractivity contribution in [1.29, 1.82) is 0 Å². The van der Waals surface area contributed by atoms with Gasteiger partial charge in [-0.2, -0.15) is 0 Å². The van der Waals surface area contributed by atoms with Crippen LogP contribution in [0, 0.1) is 0 Å². The molecule has 2 atom stereocenters. The molecule has 6 nitrogen and oxygen atoms in total. The molecule has 0 heterocycles. The Morgan fingerprint density at radius 1 is 0.839 bits per heavy atom. The van der Waals surface area contributed by atoms with Crippen LogP contribution >= 0.6 is 11.6 Å². The van der Waals surface area contributed by atoms with E-state index < -0.39 is 18.2 Å². The van der Waals surface area contributed by atoms with Crippen molar-refractivity contribution in [2.75, 3.05) is 21.3 Å². The summed E-state index contributed by atoms with van der Waals surface area (Å²) >= 11 is 6.01. The highest BCUT2D eigenvalue weighted by Crippen LogP contribution is 2.40. The number of carbonyl (C=O) groups is 1. The Morgan fingerprint density at radius 3 is 2.23 bits per heavy atom. The number of para-hydroxylation sites is 1. The lowest BCUT2D eigenvalue weighted by Gasteiger charge is -2.26. The number of carbonyl (C=O) groups excluding carboxylic acids is 1. The Hall–Kier alpha value is -3.22. The summed E-state index contributed by atoms with van der Waals surface area (Å²) in [5.41, 5.74) is 1.26. The maximum atomic E-state index is 12.9. The highest BCUT2D eigenvalue weighted by molar-refractivity contribution is 6.30. The van der Waals surface area contributed by atoms with Crippen LogP contribution in [0.25, 0.3) is 0 Å². The highest BCUT2D eigenvalue weighted by Gasteiger charge is 2.30. The fourth-order valence-corrected chi connectivity index (χ4v) is 3.41. The smallest absolute Gasteiger partial charge is 0.338 e. The number of hydrogen-bond donors (Lipinski definition) is 1. The molecule has 3 aromatic carbocycles. The van der Waals surface area contributed by atoms with Gasteiger partial charge in [-0.1, -0.05) is 41.9 Å². The third kappa shape index (κ3) is 5.10. The third-order valence-electron chi connectivity index (χ3n) is 4.77. The Labute approximate surface area is 185 Å². The lowest BCUT2D eigenvalue weighted by atomic mass is 9.97. The van der Waals surface area contributed by atoms with Gasteiger partial charge in [0, 0.05) is 10.6 Å². The van der Waals surface area contributed by atoms with Gasteiger partial charge in [0.2, 0.25) is 0 Å². The fraction of sp³-hybridized carbons (Fsp3) is 0.208. The molecule has 0 saturated heterocycles. The Morgan fingerprint density at radius 2 is 1.55 bits per heavy atom. The number of benzene rings is 3. The van der Waals surface area contributed by atoms with Gasteiger partial charge in [-0.25, -0.2) is 4.79 Å². The molecule has 0 aliphatic heterocycles. The second kappa shape index (κ2) is 10.2. The van der Waals surface area contributed by atoms with E-state index in [-0.39, 0.29) is 5.56 Å². The van der Waals surface area contributed by atoms with Crippen LogP contribution in [-0.4, -0.2) is 32.4 Å². The van der Waals surface area contributed by atoms with Gasteiger partial charge in [0.15, 0.2) is 17.6 Å². The summed E-state index contributed by atoms with van der Waals surface area (Å²) in [7, 11) is 4.54. The molecule has 0 aliphatic carbocycles. The molecule has 0 aromatic heterocycles. The molecule has 162 valence electrons. The van der Waals surface area contributed by atoms with Gasteiger partial charge in [-0.15, -0.1) is 0 Å². The van der Waals surface area contributed by atoms with Gasteiger partial charge in [-0.05, 0) is 42.0 Å². The van der Waals surface area contributed by atoms with E-state index in [4.69, 9.17) is 30.5 Å². The predicted octanol–water partition coefficient (Wildman–Crippen LogP) is 5.00. The second-order valence-corrected chi connectivity index (χ2v) is 7.07. The van der Waals surface area contributed by atoms with Gasteiger partial charge in [0.25, 0.3) is 0 Å². The molecule has 0 aliphatic rings. The van der Waals surface area contributed by atoms with E-state index in [1.165, 1.54) is 27.4 Å². The summed E-state index contributed by atoms with van der Waals surface area (Å²) in [6, 6.07) is 18.5. The molecule has 3 aromatic rings. The van der Waals surface area contributed by atoms with E-state index in [0.717, 1.165) is 0 Å². The minimum Gasteiger partial charge on any atom is -0.496 e. The summed E-state index contributed by atoms with van der Waals surface area (Å²) in [5.74, 6) is 0.796. The summed E-state index contributed by atoms with van der Waals surface area (Å²) in [6.45, 7) is 0. The summed E-state index contributed by atoms with van der Waals surface area (Å²) in [5, 5.41) is 11.6. The Kier molecular flexibility index (Phi) is 7.39. The van der Waals surface area contributed by atoms with E-state index in [2.05, 4.69) is 0 Å². The first kappa shape index (κ1) is 22.5. The van der Waals surface area contributed by atoms with Crippen molar-refractivity contribution in [3.05, 3.63) is 88.4 Å². The molecule has 0 spiro atoms. The van der Waals surface area contributed by atoms with Crippen LogP contribution in [0.2, 0.25) is 5.02 Å². The zero-order valence-corrected chi connectivity index (χ0v) is 18.1. The number of halogens is 1. The second-order valence-electron chi connectivity index (χ2n) is 6.64. The quantitative estimate of drug-likeness (QED) is 0.495. The van der Waals surface area contributed by atoms with Gasteiger partial charge in [-0.3, -0.25) is 0 Å². The lowest BCUT2D eigenvalue weighted by Crippen LogP contribution is -2.19. The molecule has 31 heavy (non-hydrogen) atoms. The van der Waals surface area contributed by atoms with Crippen LogP contribution in [0.1, 0.15) is 33.7 Å². The van der Waals surface area contributed by atoms with Crippen LogP contribution in [0.3, 0.4) is 0 Å². The molecule has 1 N–H and O–H groups in total. The normalized spacial score (nSPS) is 12.5. The summed E-state index contributed by atoms with van der Waals surface area (Å²) in [6.07, 6.45) is -2.26. The minimum atomic E-state index is -1.21. The van der Waals surface area contributed by atoms with Gasteiger partial charge >= 0.3 is 5.97 Å². The van der Waals surface area contributed by atoms with Crippen molar-refractivity contribution in [2.24, 2.45) is 0 Å². The van der Waals surface area contributed by atoms with Gasteiger partial charge < -0.3 is 24.1 Å². The zero-order chi connectivity index (χ0) is 22.4. The first-order valence-electron chi connectivity index (χ1n) is 9.48. The maximum absolute atomic E-state index is 12.9. The molecular formula is C24H23ClO6. The van der Waals surface area contributed by atoms with Crippen molar-refractivity contribution in [3.63, 3.8) is 0 Å². The number of aliphatic hydroxyl groups excluding tert-OH is 1. The van der Waals surface area contributed by atoms with Crippen molar-refractivity contribution < 1.29 is 28.8 Å².